The van der Waals surface area contributed by atoms with Gasteiger partial charge in [0.1, 0.15) is 12.0 Å². The second-order valence-electron chi connectivity index (χ2n) is 6.84. The predicted molar refractivity (Wildman–Crippen MR) is 122 cm³/mol. The minimum atomic E-state index is -0.302. The molecule has 0 saturated carbocycles. The van der Waals surface area contributed by atoms with E-state index in [0.717, 1.165) is 54.2 Å². The van der Waals surface area contributed by atoms with E-state index in [-0.39, 0.29) is 12.0 Å². The molecule has 3 heterocycles. The van der Waals surface area contributed by atoms with Crippen LogP contribution < -0.4 is 16.2 Å². The summed E-state index contributed by atoms with van der Waals surface area (Å²) >= 11 is 7.60. The van der Waals surface area contributed by atoms with Gasteiger partial charge in [0.05, 0.1) is 30.8 Å². The van der Waals surface area contributed by atoms with Gasteiger partial charge in [-0.2, -0.15) is 0 Å². The predicted octanol–water partition coefficient (Wildman–Crippen LogP) is 2.59. The molecule has 4 rings (SSSR count). The van der Waals surface area contributed by atoms with E-state index in [2.05, 4.69) is 53.5 Å². The first-order valence-electron chi connectivity index (χ1n) is 9.40. The molecule has 3 N–H and O–H groups in total. The van der Waals surface area contributed by atoms with Gasteiger partial charge in [-0.1, -0.05) is 0 Å². The maximum absolute atomic E-state index is 14.3. The highest BCUT2D eigenvalue weighted by Crippen LogP contribution is 2.30. The average Bonchev–Trinajstić information content (AvgIpc) is 3.10. The van der Waals surface area contributed by atoms with Crippen LogP contribution in [-0.4, -0.2) is 59.3 Å². The van der Waals surface area contributed by atoms with Crippen LogP contribution in [-0.2, 0) is 4.74 Å². The van der Waals surface area contributed by atoms with E-state index in [1.165, 1.54) is 6.07 Å². The lowest BCUT2D eigenvalue weighted by Crippen LogP contribution is -2.42. The fourth-order valence-corrected chi connectivity index (χ4v) is 4.14. The van der Waals surface area contributed by atoms with Gasteiger partial charge in [0.25, 0.3) is 0 Å². The van der Waals surface area contributed by atoms with Crippen LogP contribution in [0.4, 0.5) is 15.8 Å². The van der Waals surface area contributed by atoms with Gasteiger partial charge in [0, 0.05) is 41.5 Å². The Bertz CT molecular complexity index is 882. The molecule has 1 atom stereocenters. The van der Waals surface area contributed by atoms with Gasteiger partial charge >= 0.3 is 0 Å². The summed E-state index contributed by atoms with van der Waals surface area (Å²) in [7, 11) is 0. The second-order valence-corrected chi connectivity index (χ2v) is 8.47. The molecule has 2 fully saturated rings. The zero-order valence-corrected chi connectivity index (χ0v) is 18.7. The Kier molecular flexibility index (Phi) is 6.75. The summed E-state index contributed by atoms with van der Waals surface area (Å²) in [4.78, 5) is 8.69. The summed E-state index contributed by atoms with van der Waals surface area (Å²) in [5.41, 5.74) is 8.37. The van der Waals surface area contributed by atoms with Crippen molar-refractivity contribution in [3.63, 3.8) is 0 Å². The molecule has 1 aromatic heterocycles. The zero-order valence-electron chi connectivity index (χ0n) is 15.7. The van der Waals surface area contributed by atoms with Gasteiger partial charge in [0.15, 0.2) is 5.11 Å². The fraction of sp³-hybridized carbons (Fsp3) is 0.368. The van der Waals surface area contributed by atoms with Crippen LogP contribution in [0.25, 0.3) is 0 Å². The molecule has 1 unspecified atom stereocenters. The molecule has 7 nitrogen and oxygen atoms in total. The van der Waals surface area contributed by atoms with Gasteiger partial charge < -0.3 is 15.0 Å². The van der Waals surface area contributed by atoms with Crippen molar-refractivity contribution in [2.45, 2.75) is 6.17 Å². The van der Waals surface area contributed by atoms with Gasteiger partial charge in [-0.15, -0.1) is 0 Å². The highest BCUT2D eigenvalue weighted by molar-refractivity contribution is 14.1. The number of ether oxygens (including phenoxy) is 1. The number of rotatable bonds is 6. The maximum Gasteiger partial charge on any atom is 0.185 e. The molecule has 2 saturated heterocycles. The van der Waals surface area contributed by atoms with E-state index in [4.69, 9.17) is 17.0 Å². The first-order valence-corrected chi connectivity index (χ1v) is 10.9. The van der Waals surface area contributed by atoms with Crippen molar-refractivity contribution < 1.29 is 9.13 Å². The van der Waals surface area contributed by atoms with E-state index in [0.29, 0.717) is 10.8 Å². The Morgan fingerprint density at radius 2 is 2.07 bits per heavy atom. The van der Waals surface area contributed by atoms with Gasteiger partial charge in [0.2, 0.25) is 0 Å². The summed E-state index contributed by atoms with van der Waals surface area (Å²) in [6.07, 6.45) is 3.25. The molecule has 0 radical (unpaired) electrons. The van der Waals surface area contributed by atoms with Crippen molar-refractivity contribution in [2.75, 3.05) is 44.7 Å². The zero-order chi connectivity index (χ0) is 20.2. The Hall–Kier alpha value is -1.60. The van der Waals surface area contributed by atoms with Crippen molar-refractivity contribution in [1.82, 2.24) is 25.6 Å². The Labute approximate surface area is 188 Å². The average molecular weight is 528 g/mol. The highest BCUT2D eigenvalue weighted by Gasteiger charge is 2.31. The Morgan fingerprint density at radius 1 is 1.24 bits per heavy atom. The number of aromatic nitrogens is 1. The number of hydrogen-bond donors (Lipinski definition) is 3. The number of halogens is 2. The number of hydrogen-bond acceptors (Lipinski definition) is 6. The Balaban J connectivity index is 1.52. The van der Waals surface area contributed by atoms with Crippen LogP contribution in [0.15, 0.2) is 36.7 Å². The van der Waals surface area contributed by atoms with Crippen LogP contribution in [0, 0.1) is 9.39 Å². The lowest BCUT2D eigenvalue weighted by molar-refractivity contribution is 0.0350. The third kappa shape index (κ3) is 4.94. The number of morpholine rings is 1. The smallest absolute Gasteiger partial charge is 0.185 e. The van der Waals surface area contributed by atoms with E-state index >= 15 is 0 Å². The van der Waals surface area contributed by atoms with Crippen molar-refractivity contribution in [1.29, 1.82) is 0 Å². The Morgan fingerprint density at radius 3 is 2.86 bits per heavy atom. The number of nitrogens with zero attached hydrogens (tertiary/aromatic N) is 3. The number of nitrogens with one attached hydrogen (secondary N) is 3. The summed E-state index contributed by atoms with van der Waals surface area (Å²) < 4.78 is 20.6. The van der Waals surface area contributed by atoms with Crippen LogP contribution in [0.3, 0.4) is 0 Å². The van der Waals surface area contributed by atoms with Crippen molar-refractivity contribution in [2.24, 2.45) is 0 Å². The first-order chi connectivity index (χ1) is 14.1. The molecule has 2 aromatic rings. The van der Waals surface area contributed by atoms with E-state index < -0.39 is 0 Å². The standard InChI is InChI=1S/C19H22FIN6OS/c20-15-11-13(21)1-2-16(15)23-17-12-22-4-3-14(17)18-24-25-19(29)27(18)6-5-26-7-9-28-10-8-26/h1-4,11-12,18,23-24H,5-10H2,(H,25,29). The number of benzene rings is 1. The molecule has 154 valence electrons. The second kappa shape index (κ2) is 9.47. The molecule has 2 aliphatic rings. The lowest BCUT2D eigenvalue weighted by atomic mass is 10.1. The monoisotopic (exact) mass is 528 g/mol. The molecule has 10 heteroatoms. The van der Waals surface area contributed by atoms with Gasteiger partial charge in [-0.3, -0.25) is 15.3 Å². The number of anilines is 2. The molecular formula is C19H22FIN6OS. The topological polar surface area (TPSA) is 64.7 Å². The lowest BCUT2D eigenvalue weighted by Gasteiger charge is -2.31. The van der Waals surface area contributed by atoms with Crippen molar-refractivity contribution >= 4 is 51.3 Å². The highest BCUT2D eigenvalue weighted by atomic mass is 127. The van der Waals surface area contributed by atoms with Crippen LogP contribution in [0.2, 0.25) is 0 Å². The minimum Gasteiger partial charge on any atom is -0.379 e. The summed E-state index contributed by atoms with van der Waals surface area (Å²) in [6, 6.07) is 7.01. The van der Waals surface area contributed by atoms with Gasteiger partial charge in [-0.25, -0.2) is 9.82 Å². The summed E-state index contributed by atoms with van der Waals surface area (Å²) in [6.45, 7) is 5.06. The van der Waals surface area contributed by atoms with E-state index in [9.17, 15) is 4.39 Å². The van der Waals surface area contributed by atoms with E-state index in [1.807, 2.05) is 12.1 Å². The molecular weight excluding hydrogens is 506 g/mol. The number of hydrazine groups is 1. The maximum atomic E-state index is 14.3. The van der Waals surface area contributed by atoms with Gasteiger partial charge in [-0.05, 0) is 59.1 Å². The van der Waals surface area contributed by atoms with Crippen LogP contribution >= 0.6 is 34.8 Å². The first kappa shape index (κ1) is 20.7. The molecule has 29 heavy (non-hydrogen) atoms. The molecule has 0 amide bonds. The quantitative estimate of drug-likeness (QED) is 0.391. The molecule has 0 bridgehead atoms. The van der Waals surface area contributed by atoms with Crippen molar-refractivity contribution in [3.05, 3.63) is 51.6 Å². The van der Waals surface area contributed by atoms with Crippen LogP contribution in [0.5, 0.6) is 0 Å². The fourth-order valence-electron chi connectivity index (χ4n) is 3.43. The molecule has 1 aromatic carbocycles. The normalized spacial score (nSPS) is 20.0. The number of thiocarbonyl (C=S) groups is 1. The third-order valence-corrected chi connectivity index (χ3v) is 6.01. The molecule has 0 spiro atoms. The minimum absolute atomic E-state index is 0.180. The summed E-state index contributed by atoms with van der Waals surface area (Å²) in [5.74, 6) is -0.302. The molecule has 2 aliphatic heterocycles. The van der Waals surface area contributed by atoms with Crippen molar-refractivity contribution in [3.8, 4) is 0 Å². The largest absolute Gasteiger partial charge is 0.379 e. The van der Waals surface area contributed by atoms with E-state index in [1.54, 1.807) is 18.5 Å². The van der Waals surface area contributed by atoms with Crippen LogP contribution in [0.1, 0.15) is 11.7 Å². The molecule has 0 aliphatic carbocycles. The summed E-state index contributed by atoms with van der Waals surface area (Å²) in [5, 5.41) is 3.83. The number of pyridine rings is 1. The SMILES string of the molecule is Fc1cc(I)ccc1Nc1cnccc1C1NNC(=S)N1CCN1CCOCC1. The third-order valence-electron chi connectivity index (χ3n) is 5.00.